The van der Waals surface area contributed by atoms with Crippen LogP contribution in [0.5, 0.6) is 11.5 Å². The van der Waals surface area contributed by atoms with Crippen LogP contribution < -0.4 is 14.8 Å². The van der Waals surface area contributed by atoms with Crippen LogP contribution in [0.2, 0.25) is 0 Å². The van der Waals surface area contributed by atoms with Crippen LogP contribution in [0, 0.1) is 5.82 Å². The smallest absolute Gasteiger partial charge is 0.220 e. The first-order valence-corrected chi connectivity index (χ1v) is 8.24. The van der Waals surface area contributed by atoms with E-state index in [1.54, 1.807) is 26.4 Å². The van der Waals surface area contributed by atoms with Crippen molar-refractivity contribution >= 4 is 21.8 Å². The summed E-state index contributed by atoms with van der Waals surface area (Å²) in [5.74, 6) is 0.810. The molecule has 0 bridgehead atoms. The Balaban J connectivity index is 1.88. The zero-order chi connectivity index (χ0) is 17.5. The summed E-state index contributed by atoms with van der Waals surface area (Å²) in [4.78, 5) is 12.0. The molecule has 0 aliphatic carbocycles. The average Bonchev–Trinajstić information content (AvgIpc) is 2.60. The molecule has 4 nitrogen and oxygen atoms in total. The first kappa shape index (κ1) is 18.3. The molecule has 2 aromatic rings. The number of hydrogen-bond donors (Lipinski definition) is 1. The highest BCUT2D eigenvalue weighted by atomic mass is 79.9. The average molecular weight is 396 g/mol. The van der Waals surface area contributed by atoms with Gasteiger partial charge in [-0.2, -0.15) is 0 Å². The molecule has 0 saturated heterocycles. The van der Waals surface area contributed by atoms with Gasteiger partial charge in [0.2, 0.25) is 5.91 Å². The summed E-state index contributed by atoms with van der Waals surface area (Å²) in [6, 6.07) is 10.2. The number of benzene rings is 2. The summed E-state index contributed by atoms with van der Waals surface area (Å²) in [6.07, 6.45) is 0.873. The van der Waals surface area contributed by atoms with Crippen molar-refractivity contribution in [3.8, 4) is 11.5 Å². The summed E-state index contributed by atoms with van der Waals surface area (Å²) in [5.41, 5.74) is 1.42. The summed E-state index contributed by atoms with van der Waals surface area (Å²) >= 11 is 3.29. The minimum atomic E-state index is -0.335. The van der Waals surface area contributed by atoms with Gasteiger partial charge in [0.05, 0.1) is 14.2 Å². The maximum atomic E-state index is 13.6. The number of halogens is 2. The van der Waals surface area contributed by atoms with Gasteiger partial charge in [-0.15, -0.1) is 0 Å². The topological polar surface area (TPSA) is 47.6 Å². The number of carbonyl (C=O) groups excluding carboxylic acids is 1. The number of aryl methyl sites for hydroxylation is 1. The van der Waals surface area contributed by atoms with Gasteiger partial charge in [0.15, 0.2) is 11.5 Å². The molecule has 0 radical (unpaired) electrons. The second-order valence-corrected chi connectivity index (χ2v) is 6.12. The van der Waals surface area contributed by atoms with Crippen LogP contribution in [0.3, 0.4) is 0 Å². The van der Waals surface area contributed by atoms with Gasteiger partial charge in [-0.05, 0) is 42.3 Å². The standard InChI is InChI=1S/C18H19BrFNO3/c1-23-16-7-3-12(9-17(16)24-2)4-8-18(22)21-11-13-10-14(19)5-6-15(13)20/h3,5-7,9-10H,4,8,11H2,1-2H3,(H,21,22). The number of rotatable bonds is 7. The van der Waals surface area contributed by atoms with Gasteiger partial charge < -0.3 is 14.8 Å². The lowest BCUT2D eigenvalue weighted by atomic mass is 10.1. The fraction of sp³-hybridized carbons (Fsp3) is 0.278. The molecule has 1 N–H and O–H groups in total. The van der Waals surface area contributed by atoms with Crippen LogP contribution in [-0.2, 0) is 17.8 Å². The van der Waals surface area contributed by atoms with Gasteiger partial charge in [-0.1, -0.05) is 22.0 Å². The Kier molecular flexibility index (Phi) is 6.61. The van der Waals surface area contributed by atoms with Gasteiger partial charge in [-0.25, -0.2) is 4.39 Å². The Labute approximate surface area is 149 Å². The molecule has 0 fully saturated rings. The highest BCUT2D eigenvalue weighted by molar-refractivity contribution is 9.10. The molecule has 2 rings (SSSR count). The summed E-state index contributed by atoms with van der Waals surface area (Å²) < 4.78 is 24.8. The first-order chi connectivity index (χ1) is 11.5. The molecule has 1 amide bonds. The largest absolute Gasteiger partial charge is 0.493 e. The molecule has 0 spiro atoms. The minimum absolute atomic E-state index is 0.135. The summed E-state index contributed by atoms with van der Waals surface area (Å²) in [6.45, 7) is 0.163. The number of carbonyl (C=O) groups is 1. The van der Waals surface area contributed by atoms with Crippen LogP contribution in [0.15, 0.2) is 40.9 Å². The monoisotopic (exact) mass is 395 g/mol. The number of nitrogens with one attached hydrogen (secondary N) is 1. The lowest BCUT2D eigenvalue weighted by molar-refractivity contribution is -0.121. The van der Waals surface area contributed by atoms with Crippen molar-refractivity contribution in [1.82, 2.24) is 5.32 Å². The number of amides is 1. The second-order valence-electron chi connectivity index (χ2n) is 5.20. The number of methoxy groups -OCH3 is 2. The van der Waals surface area contributed by atoms with E-state index in [1.165, 1.54) is 6.07 Å². The Morgan fingerprint density at radius 2 is 1.88 bits per heavy atom. The minimum Gasteiger partial charge on any atom is -0.493 e. The lowest BCUT2D eigenvalue weighted by Crippen LogP contribution is -2.23. The van der Waals surface area contributed by atoms with E-state index in [0.29, 0.717) is 29.9 Å². The molecule has 0 aliphatic heterocycles. The van der Waals surface area contributed by atoms with Crippen molar-refractivity contribution < 1.29 is 18.7 Å². The third-order valence-corrected chi connectivity index (χ3v) is 4.07. The molecule has 24 heavy (non-hydrogen) atoms. The highest BCUT2D eigenvalue weighted by Gasteiger charge is 2.08. The molecule has 0 heterocycles. The molecular weight excluding hydrogens is 377 g/mol. The van der Waals surface area contributed by atoms with E-state index in [2.05, 4.69) is 21.2 Å². The molecule has 2 aromatic carbocycles. The molecule has 0 saturated carbocycles. The molecular formula is C18H19BrFNO3. The van der Waals surface area contributed by atoms with Crippen molar-refractivity contribution in [2.45, 2.75) is 19.4 Å². The highest BCUT2D eigenvalue weighted by Crippen LogP contribution is 2.27. The Morgan fingerprint density at radius 1 is 1.12 bits per heavy atom. The van der Waals surface area contributed by atoms with E-state index in [-0.39, 0.29) is 18.3 Å². The maximum Gasteiger partial charge on any atom is 0.220 e. The zero-order valence-corrected chi connectivity index (χ0v) is 15.2. The Bertz CT molecular complexity index is 721. The van der Waals surface area contributed by atoms with Crippen molar-refractivity contribution in [2.24, 2.45) is 0 Å². The number of hydrogen-bond acceptors (Lipinski definition) is 3. The Morgan fingerprint density at radius 3 is 2.58 bits per heavy atom. The lowest BCUT2D eigenvalue weighted by Gasteiger charge is -2.10. The fourth-order valence-corrected chi connectivity index (χ4v) is 2.66. The SMILES string of the molecule is COc1ccc(CCC(=O)NCc2cc(Br)ccc2F)cc1OC. The van der Waals surface area contributed by atoms with E-state index in [1.807, 2.05) is 18.2 Å². The van der Waals surface area contributed by atoms with Crippen LogP contribution in [-0.4, -0.2) is 20.1 Å². The van der Waals surface area contributed by atoms with Crippen molar-refractivity contribution in [3.63, 3.8) is 0 Å². The van der Waals surface area contributed by atoms with E-state index < -0.39 is 0 Å². The van der Waals surface area contributed by atoms with Gasteiger partial charge in [0.25, 0.3) is 0 Å². The molecule has 6 heteroatoms. The van der Waals surface area contributed by atoms with Crippen molar-refractivity contribution in [1.29, 1.82) is 0 Å². The first-order valence-electron chi connectivity index (χ1n) is 7.45. The van der Waals surface area contributed by atoms with Gasteiger partial charge in [0, 0.05) is 23.0 Å². The van der Waals surface area contributed by atoms with Crippen LogP contribution >= 0.6 is 15.9 Å². The van der Waals surface area contributed by atoms with Crippen LogP contribution in [0.1, 0.15) is 17.5 Å². The molecule has 0 aliphatic rings. The fourth-order valence-electron chi connectivity index (χ4n) is 2.25. The predicted molar refractivity (Wildman–Crippen MR) is 93.8 cm³/mol. The van der Waals surface area contributed by atoms with E-state index >= 15 is 0 Å². The summed E-state index contributed by atoms with van der Waals surface area (Å²) in [5, 5.41) is 2.73. The zero-order valence-electron chi connectivity index (χ0n) is 13.6. The Hall–Kier alpha value is -2.08. The number of ether oxygens (including phenoxy) is 2. The second kappa shape index (κ2) is 8.68. The molecule has 0 unspecified atom stereocenters. The van der Waals surface area contributed by atoms with E-state index in [4.69, 9.17) is 9.47 Å². The molecule has 0 aromatic heterocycles. The molecule has 128 valence electrons. The van der Waals surface area contributed by atoms with Gasteiger partial charge in [0.1, 0.15) is 5.82 Å². The third kappa shape index (κ3) is 4.96. The van der Waals surface area contributed by atoms with Crippen molar-refractivity contribution in [3.05, 3.63) is 57.8 Å². The third-order valence-electron chi connectivity index (χ3n) is 3.57. The van der Waals surface area contributed by atoms with Crippen LogP contribution in [0.4, 0.5) is 4.39 Å². The quantitative estimate of drug-likeness (QED) is 0.774. The summed E-state index contributed by atoms with van der Waals surface area (Å²) in [7, 11) is 3.15. The van der Waals surface area contributed by atoms with E-state index in [0.717, 1.165) is 10.0 Å². The maximum absolute atomic E-state index is 13.6. The molecule has 0 atom stereocenters. The predicted octanol–water partition coefficient (Wildman–Crippen LogP) is 3.85. The van der Waals surface area contributed by atoms with Crippen LogP contribution in [0.25, 0.3) is 0 Å². The van der Waals surface area contributed by atoms with Crippen molar-refractivity contribution in [2.75, 3.05) is 14.2 Å². The van der Waals surface area contributed by atoms with Gasteiger partial charge >= 0.3 is 0 Å². The van der Waals surface area contributed by atoms with E-state index in [9.17, 15) is 9.18 Å². The van der Waals surface area contributed by atoms with Gasteiger partial charge in [-0.3, -0.25) is 4.79 Å². The normalized spacial score (nSPS) is 10.3.